The van der Waals surface area contributed by atoms with Crippen LogP contribution in [-0.2, 0) is 6.42 Å². The molecule has 0 aliphatic carbocycles. The molecule has 0 saturated heterocycles. The van der Waals surface area contributed by atoms with Crippen molar-refractivity contribution < 1.29 is 4.79 Å². The summed E-state index contributed by atoms with van der Waals surface area (Å²) in [7, 11) is 0. The number of fused-ring (bicyclic) bond motifs is 1. The molecule has 4 rings (SSSR count). The van der Waals surface area contributed by atoms with Gasteiger partial charge in [0.1, 0.15) is 5.82 Å². The molecule has 0 bridgehead atoms. The summed E-state index contributed by atoms with van der Waals surface area (Å²) in [6.45, 7) is 0.717. The summed E-state index contributed by atoms with van der Waals surface area (Å²) in [6, 6.07) is 19.5. The van der Waals surface area contributed by atoms with E-state index in [9.17, 15) is 4.79 Å². The molecule has 3 aromatic rings. The highest BCUT2D eigenvalue weighted by molar-refractivity contribution is 9.10. The SMILES string of the molecule is O=C(c1ccc(Nc2ccccc2Br)nc1)N1CCc2ccccc21. The zero-order valence-corrected chi connectivity index (χ0v) is 15.0. The first kappa shape index (κ1) is 15.8. The second-order valence-electron chi connectivity index (χ2n) is 5.87. The molecule has 124 valence electrons. The minimum Gasteiger partial charge on any atom is -0.339 e. The van der Waals surface area contributed by atoms with E-state index in [1.807, 2.05) is 59.5 Å². The van der Waals surface area contributed by atoms with Crippen LogP contribution in [0.2, 0.25) is 0 Å². The van der Waals surface area contributed by atoms with E-state index < -0.39 is 0 Å². The lowest BCUT2D eigenvalue weighted by molar-refractivity contribution is 0.0989. The molecule has 1 N–H and O–H groups in total. The van der Waals surface area contributed by atoms with Gasteiger partial charge >= 0.3 is 0 Å². The molecule has 1 aliphatic rings. The van der Waals surface area contributed by atoms with Gasteiger partial charge in [-0.2, -0.15) is 0 Å². The van der Waals surface area contributed by atoms with Crippen LogP contribution in [-0.4, -0.2) is 17.4 Å². The Morgan fingerprint density at radius 3 is 2.64 bits per heavy atom. The van der Waals surface area contributed by atoms with Crippen LogP contribution in [0.25, 0.3) is 0 Å². The fourth-order valence-corrected chi connectivity index (χ4v) is 3.38. The van der Waals surface area contributed by atoms with Crippen LogP contribution < -0.4 is 10.2 Å². The van der Waals surface area contributed by atoms with Crippen molar-refractivity contribution in [2.45, 2.75) is 6.42 Å². The maximum absolute atomic E-state index is 12.8. The molecule has 0 saturated carbocycles. The fraction of sp³-hybridized carbons (Fsp3) is 0.100. The maximum Gasteiger partial charge on any atom is 0.259 e. The van der Waals surface area contributed by atoms with Crippen LogP contribution in [0.5, 0.6) is 0 Å². The molecule has 5 heteroatoms. The Balaban J connectivity index is 1.53. The minimum absolute atomic E-state index is 0.00936. The van der Waals surface area contributed by atoms with Crippen LogP contribution in [0.4, 0.5) is 17.2 Å². The Bertz CT molecular complexity index is 924. The Hall–Kier alpha value is -2.66. The van der Waals surface area contributed by atoms with Gasteiger partial charge < -0.3 is 10.2 Å². The Morgan fingerprint density at radius 2 is 1.84 bits per heavy atom. The monoisotopic (exact) mass is 393 g/mol. The van der Waals surface area contributed by atoms with E-state index in [1.165, 1.54) is 5.56 Å². The molecule has 1 aromatic heterocycles. The van der Waals surface area contributed by atoms with E-state index >= 15 is 0 Å². The van der Waals surface area contributed by atoms with Crippen molar-refractivity contribution in [3.63, 3.8) is 0 Å². The number of anilines is 3. The van der Waals surface area contributed by atoms with Gasteiger partial charge in [-0.05, 0) is 58.2 Å². The third-order valence-electron chi connectivity index (χ3n) is 4.28. The molecule has 0 spiro atoms. The second kappa shape index (κ2) is 6.69. The van der Waals surface area contributed by atoms with E-state index in [1.54, 1.807) is 6.20 Å². The lowest BCUT2D eigenvalue weighted by Gasteiger charge is -2.17. The summed E-state index contributed by atoms with van der Waals surface area (Å²) in [4.78, 5) is 19.0. The smallest absolute Gasteiger partial charge is 0.259 e. The molecule has 0 fully saturated rings. The van der Waals surface area contributed by atoms with Crippen molar-refractivity contribution in [2.24, 2.45) is 0 Å². The first-order valence-electron chi connectivity index (χ1n) is 8.10. The summed E-state index contributed by atoms with van der Waals surface area (Å²) in [5.74, 6) is 0.690. The van der Waals surface area contributed by atoms with Crippen LogP contribution in [0.1, 0.15) is 15.9 Å². The highest BCUT2D eigenvalue weighted by Gasteiger charge is 2.25. The number of amides is 1. The van der Waals surface area contributed by atoms with Crippen LogP contribution in [0.3, 0.4) is 0 Å². The van der Waals surface area contributed by atoms with Gasteiger partial charge in [0.25, 0.3) is 5.91 Å². The Morgan fingerprint density at radius 1 is 1.04 bits per heavy atom. The van der Waals surface area contributed by atoms with Gasteiger partial charge in [0, 0.05) is 22.9 Å². The third kappa shape index (κ3) is 3.15. The largest absolute Gasteiger partial charge is 0.339 e. The molecule has 0 unspecified atom stereocenters. The topological polar surface area (TPSA) is 45.2 Å². The number of carbonyl (C=O) groups excluding carboxylic acids is 1. The van der Waals surface area contributed by atoms with Crippen LogP contribution >= 0.6 is 15.9 Å². The zero-order chi connectivity index (χ0) is 17.2. The number of hydrogen-bond donors (Lipinski definition) is 1. The van der Waals surface area contributed by atoms with Crippen LogP contribution in [0, 0.1) is 0 Å². The Labute approximate surface area is 154 Å². The lowest BCUT2D eigenvalue weighted by Crippen LogP contribution is -2.28. The van der Waals surface area contributed by atoms with E-state index in [-0.39, 0.29) is 5.91 Å². The highest BCUT2D eigenvalue weighted by Crippen LogP contribution is 2.29. The molecule has 2 aromatic carbocycles. The molecule has 0 radical (unpaired) electrons. The van der Waals surface area contributed by atoms with Crippen LogP contribution in [0.15, 0.2) is 71.3 Å². The average molecular weight is 394 g/mol. The standard InChI is InChI=1S/C20H16BrN3O/c21-16-6-2-3-7-17(16)23-19-10-9-15(13-22-19)20(25)24-12-11-14-5-1-4-8-18(14)24/h1-10,13H,11-12H2,(H,22,23). The summed E-state index contributed by atoms with van der Waals surface area (Å²) in [6.07, 6.45) is 2.53. The van der Waals surface area contributed by atoms with Gasteiger partial charge in [0.2, 0.25) is 0 Å². The average Bonchev–Trinajstić information content (AvgIpc) is 3.08. The van der Waals surface area contributed by atoms with Crippen molar-refractivity contribution in [1.82, 2.24) is 4.98 Å². The number of pyridine rings is 1. The summed E-state index contributed by atoms with van der Waals surface area (Å²) in [5.41, 5.74) is 3.75. The number of carbonyl (C=O) groups is 1. The van der Waals surface area contributed by atoms with E-state index in [0.717, 1.165) is 28.8 Å². The number of halogens is 1. The quantitative estimate of drug-likeness (QED) is 0.695. The highest BCUT2D eigenvalue weighted by atomic mass is 79.9. The van der Waals surface area contributed by atoms with Gasteiger partial charge in [-0.1, -0.05) is 30.3 Å². The maximum atomic E-state index is 12.8. The summed E-state index contributed by atoms with van der Waals surface area (Å²) < 4.78 is 0.964. The van der Waals surface area contributed by atoms with Gasteiger partial charge in [-0.15, -0.1) is 0 Å². The number of aromatic nitrogens is 1. The molecular formula is C20H16BrN3O. The van der Waals surface area contributed by atoms with E-state index in [4.69, 9.17) is 0 Å². The molecule has 25 heavy (non-hydrogen) atoms. The summed E-state index contributed by atoms with van der Waals surface area (Å²) in [5, 5.41) is 3.24. The van der Waals surface area contributed by atoms with E-state index in [2.05, 4.69) is 32.3 Å². The van der Waals surface area contributed by atoms with E-state index in [0.29, 0.717) is 11.4 Å². The predicted octanol–water partition coefficient (Wildman–Crippen LogP) is 4.79. The van der Waals surface area contributed by atoms with Crippen molar-refractivity contribution in [2.75, 3.05) is 16.8 Å². The van der Waals surface area contributed by atoms with Crippen molar-refractivity contribution >= 4 is 39.0 Å². The van der Waals surface area contributed by atoms with Crippen molar-refractivity contribution in [3.8, 4) is 0 Å². The second-order valence-corrected chi connectivity index (χ2v) is 6.73. The molecule has 1 amide bonds. The van der Waals surface area contributed by atoms with Gasteiger partial charge in [-0.3, -0.25) is 4.79 Å². The third-order valence-corrected chi connectivity index (χ3v) is 4.97. The number of hydrogen-bond acceptors (Lipinski definition) is 3. The first-order valence-corrected chi connectivity index (χ1v) is 8.89. The summed E-state index contributed by atoms with van der Waals surface area (Å²) >= 11 is 3.50. The fourth-order valence-electron chi connectivity index (χ4n) is 3.00. The number of rotatable bonds is 3. The number of nitrogens with one attached hydrogen (secondary N) is 1. The Kier molecular flexibility index (Phi) is 4.24. The first-order chi connectivity index (χ1) is 12.2. The minimum atomic E-state index is -0.00936. The molecule has 1 aliphatic heterocycles. The number of para-hydroxylation sites is 2. The van der Waals surface area contributed by atoms with Gasteiger partial charge in [0.05, 0.1) is 11.3 Å². The predicted molar refractivity (Wildman–Crippen MR) is 103 cm³/mol. The normalized spacial score (nSPS) is 12.8. The van der Waals surface area contributed by atoms with Gasteiger partial charge in [-0.25, -0.2) is 4.98 Å². The molecule has 0 atom stereocenters. The lowest BCUT2D eigenvalue weighted by atomic mass is 10.2. The molecular weight excluding hydrogens is 378 g/mol. The zero-order valence-electron chi connectivity index (χ0n) is 13.4. The molecule has 4 nitrogen and oxygen atoms in total. The van der Waals surface area contributed by atoms with Crippen molar-refractivity contribution in [1.29, 1.82) is 0 Å². The number of benzene rings is 2. The number of nitrogens with zero attached hydrogens (tertiary/aromatic N) is 2. The molecule has 2 heterocycles. The van der Waals surface area contributed by atoms with Gasteiger partial charge in [0.15, 0.2) is 0 Å². The van der Waals surface area contributed by atoms with Crippen molar-refractivity contribution in [3.05, 3.63) is 82.5 Å².